The fraction of sp³-hybridized carbons (Fsp3) is 1.00. The van der Waals surface area contributed by atoms with Crippen molar-refractivity contribution in [2.45, 2.75) is 72.6 Å². The molecule has 0 aliphatic heterocycles. The van der Waals surface area contributed by atoms with E-state index in [4.69, 9.17) is 0 Å². The van der Waals surface area contributed by atoms with Gasteiger partial charge in [-0.25, -0.2) is 0 Å². The number of hydrogen-bond donors (Lipinski definition) is 0. The smallest absolute Gasteiger partial charge is 0 e. The first-order valence-corrected chi connectivity index (χ1v) is 12.2. The first kappa shape index (κ1) is 17.6. The summed E-state index contributed by atoms with van der Waals surface area (Å²) in [6.45, 7) is 7.00. The summed E-state index contributed by atoms with van der Waals surface area (Å²) in [4.78, 5) is 0. The van der Waals surface area contributed by atoms with Crippen LogP contribution in [-0.4, -0.2) is 19.8 Å². The number of rotatable bonds is 9. The van der Waals surface area contributed by atoms with Crippen molar-refractivity contribution >= 4 is 29.7 Å². The Kier molecular flexibility index (Phi) is 17.9. The summed E-state index contributed by atoms with van der Waals surface area (Å²) in [5.74, 6) is 0. The maximum Gasteiger partial charge on any atom is 0 e. The average Bonchev–Trinajstić information content (AvgIpc) is 2.17. The molecule has 14 heavy (non-hydrogen) atoms. The molecule has 0 saturated carbocycles. The van der Waals surface area contributed by atoms with Crippen molar-refractivity contribution < 1.29 is 1.43 Å². The minimum absolute atomic E-state index is 0. The van der Waals surface area contributed by atoms with Gasteiger partial charge in [0.1, 0.15) is 0 Å². The van der Waals surface area contributed by atoms with E-state index in [1.807, 2.05) is 0 Å². The zero-order valence-corrected chi connectivity index (χ0v) is 14.1. The molecule has 0 atom stereocenters. The molecule has 0 aromatic heterocycles. The topological polar surface area (TPSA) is 0 Å². The van der Waals surface area contributed by atoms with Gasteiger partial charge in [0.15, 0.2) is 0 Å². The number of hydrogen-bond acceptors (Lipinski definition) is 0. The van der Waals surface area contributed by atoms with Crippen LogP contribution in [0.2, 0.25) is 13.3 Å². The third-order valence-electron chi connectivity index (χ3n) is 2.65. The third kappa shape index (κ3) is 11.3. The maximum absolute atomic E-state index is 2.33. The van der Waals surface area contributed by atoms with Crippen molar-refractivity contribution in [3.63, 3.8) is 0 Å². The van der Waals surface area contributed by atoms with Gasteiger partial charge < -0.3 is 1.43 Å². The predicted molar refractivity (Wildman–Crippen MR) is 72.9 cm³/mol. The second-order valence-corrected chi connectivity index (χ2v) is 12.6. The van der Waals surface area contributed by atoms with Gasteiger partial charge in [-0.1, -0.05) is 0 Å². The van der Waals surface area contributed by atoms with Gasteiger partial charge in [-0.15, -0.1) is 0 Å². The molecule has 0 unspecified atom stereocenters. The second-order valence-electron chi connectivity index (χ2n) is 4.06. The molecule has 0 fully saturated rings. The Balaban J connectivity index is -0.000000720. The van der Waals surface area contributed by atoms with Crippen molar-refractivity contribution in [2.24, 2.45) is 0 Å². The summed E-state index contributed by atoms with van der Waals surface area (Å²) in [5.41, 5.74) is 0. The Hall–Kier alpha value is 1.23. The largest absolute Gasteiger partial charge is 1.00 e. The third-order valence-corrected chi connectivity index (χ3v) is 11.7. The summed E-state index contributed by atoms with van der Waals surface area (Å²) in [6, 6.07) is 0. The summed E-state index contributed by atoms with van der Waals surface area (Å²) < 4.78 is 5.04. The van der Waals surface area contributed by atoms with Gasteiger partial charge in [-0.05, 0) is 0 Å². The molecule has 2 heteroatoms. The van der Waals surface area contributed by atoms with Crippen LogP contribution in [0.25, 0.3) is 0 Å². The monoisotopic (exact) mass is 323 g/mol. The van der Waals surface area contributed by atoms with Gasteiger partial charge in [0.25, 0.3) is 0 Å². The van der Waals surface area contributed by atoms with Gasteiger partial charge in [0, 0.05) is 9.90 Å². The van der Waals surface area contributed by atoms with Crippen LogP contribution < -0.4 is 0 Å². The molecule has 0 aliphatic carbocycles. The molecule has 0 N–H and O–H groups in total. The van der Waals surface area contributed by atoms with E-state index in [1.54, 1.807) is 13.3 Å². The minimum atomic E-state index is -0.839. The molecule has 0 heterocycles. The minimum Gasteiger partial charge on any atom is -1.00 e. The SMILES string of the molecule is CCC[CH2][Sn]([CH2]CCC)[CH2]CCC.[H-].[P]. The van der Waals surface area contributed by atoms with Crippen LogP contribution in [0.15, 0.2) is 0 Å². The maximum atomic E-state index is 2.33. The Labute approximate surface area is 103 Å². The van der Waals surface area contributed by atoms with Gasteiger partial charge in [-0.3, -0.25) is 0 Å². The Morgan fingerprint density at radius 3 is 1.21 bits per heavy atom. The van der Waals surface area contributed by atoms with Crippen LogP contribution in [0, 0.1) is 0 Å². The van der Waals surface area contributed by atoms with E-state index in [-0.39, 0.29) is 11.3 Å². The molecule has 0 rings (SSSR count). The molecule has 0 amide bonds. The quantitative estimate of drug-likeness (QED) is 0.369. The number of unbranched alkanes of at least 4 members (excludes halogenated alkanes) is 3. The van der Waals surface area contributed by atoms with Crippen LogP contribution in [0.3, 0.4) is 0 Å². The zero-order chi connectivity index (χ0) is 9.94. The van der Waals surface area contributed by atoms with Crippen molar-refractivity contribution in [1.29, 1.82) is 0 Å². The summed E-state index contributed by atoms with van der Waals surface area (Å²) in [5, 5.41) is 0. The molecule has 0 aromatic rings. The summed E-state index contributed by atoms with van der Waals surface area (Å²) in [7, 11) is 0. The van der Waals surface area contributed by atoms with Crippen molar-refractivity contribution in [2.75, 3.05) is 0 Å². The fourth-order valence-electron chi connectivity index (χ4n) is 1.66. The Morgan fingerprint density at radius 2 is 1.00 bits per heavy atom. The normalized spacial score (nSPS) is 10.3. The fourth-order valence-corrected chi connectivity index (χ4v) is 11.1. The van der Waals surface area contributed by atoms with Crippen LogP contribution in [0.4, 0.5) is 0 Å². The molecule has 0 aromatic carbocycles. The Bertz CT molecular complexity index is 82.6. The van der Waals surface area contributed by atoms with Crippen LogP contribution >= 0.6 is 9.90 Å². The predicted octanol–water partition coefficient (Wildman–Crippen LogP) is 5.86. The van der Waals surface area contributed by atoms with E-state index in [0.717, 1.165) is 0 Å². The molecule has 0 saturated heterocycles. The molecule has 86 valence electrons. The van der Waals surface area contributed by atoms with Gasteiger partial charge in [0.2, 0.25) is 0 Å². The van der Waals surface area contributed by atoms with Crippen LogP contribution in [0.1, 0.15) is 60.7 Å². The summed E-state index contributed by atoms with van der Waals surface area (Å²) in [6.07, 6.45) is 8.85. The standard InChI is InChI=1S/3C4H9.P.Sn.H/c3*1-3-4-2;;;/h3*1,3-4H2,2H3;;;/q;;;;;-1. The van der Waals surface area contributed by atoms with Gasteiger partial charge >= 0.3 is 92.4 Å². The van der Waals surface area contributed by atoms with E-state index >= 15 is 0 Å². The molecule has 0 nitrogen and oxygen atoms in total. The van der Waals surface area contributed by atoms with E-state index in [0.29, 0.717) is 0 Å². The summed E-state index contributed by atoms with van der Waals surface area (Å²) >= 11 is -0.839. The van der Waals surface area contributed by atoms with Crippen molar-refractivity contribution in [3.05, 3.63) is 0 Å². The van der Waals surface area contributed by atoms with E-state index in [1.165, 1.54) is 38.5 Å². The van der Waals surface area contributed by atoms with E-state index < -0.39 is 19.8 Å². The average molecular weight is 322 g/mol. The first-order chi connectivity index (χ1) is 6.35. The van der Waals surface area contributed by atoms with E-state index in [9.17, 15) is 0 Å². The van der Waals surface area contributed by atoms with Gasteiger partial charge in [-0.2, -0.15) is 0 Å². The van der Waals surface area contributed by atoms with Crippen LogP contribution in [-0.2, 0) is 0 Å². The second kappa shape index (κ2) is 14.2. The molecule has 0 spiro atoms. The Morgan fingerprint density at radius 1 is 0.714 bits per heavy atom. The molecule has 0 aliphatic rings. The molecule has 0 bridgehead atoms. The van der Waals surface area contributed by atoms with Gasteiger partial charge in [0.05, 0.1) is 0 Å². The van der Waals surface area contributed by atoms with Crippen molar-refractivity contribution in [1.82, 2.24) is 0 Å². The first-order valence-electron chi connectivity index (χ1n) is 6.18. The van der Waals surface area contributed by atoms with Crippen LogP contribution in [0.5, 0.6) is 0 Å². The molecular weight excluding hydrogens is 294 g/mol. The molecular formula is C12H28PSn-. The van der Waals surface area contributed by atoms with E-state index in [2.05, 4.69) is 20.8 Å². The zero-order valence-electron chi connectivity index (χ0n) is 11.3. The molecule has 4 radical (unpaired) electrons. The van der Waals surface area contributed by atoms with Crippen molar-refractivity contribution in [3.8, 4) is 0 Å².